The minimum absolute atomic E-state index is 0.109. The lowest BCUT2D eigenvalue weighted by Gasteiger charge is -2.10. The van der Waals surface area contributed by atoms with E-state index in [0.717, 1.165) is 12.1 Å². The molecule has 0 saturated heterocycles. The Balaban J connectivity index is 1.79. The van der Waals surface area contributed by atoms with Crippen LogP contribution in [0.25, 0.3) is 5.69 Å². The standard InChI is InChI=1S/C19H14F2N2O3S/c1-27-19-22-10-16(23(19)15-8-6-14(21)7-9-15)18(25)26-11-17(24)12-2-4-13(20)5-3-12/h2-10H,11H2,1H3. The molecule has 0 atom stereocenters. The van der Waals surface area contributed by atoms with Crippen molar-refractivity contribution in [1.29, 1.82) is 0 Å². The van der Waals surface area contributed by atoms with Crippen LogP contribution < -0.4 is 0 Å². The Hall–Kier alpha value is -3.00. The van der Waals surface area contributed by atoms with Crippen molar-refractivity contribution in [3.05, 3.63) is 77.6 Å². The van der Waals surface area contributed by atoms with Gasteiger partial charge >= 0.3 is 5.97 Å². The topological polar surface area (TPSA) is 61.2 Å². The van der Waals surface area contributed by atoms with E-state index in [-0.39, 0.29) is 11.3 Å². The lowest BCUT2D eigenvalue weighted by Crippen LogP contribution is -2.17. The summed E-state index contributed by atoms with van der Waals surface area (Å²) in [5.41, 5.74) is 0.883. The third kappa shape index (κ3) is 4.22. The van der Waals surface area contributed by atoms with Gasteiger partial charge in [-0.05, 0) is 54.8 Å². The predicted octanol–water partition coefficient (Wildman–Crippen LogP) is 3.91. The van der Waals surface area contributed by atoms with Crippen molar-refractivity contribution in [1.82, 2.24) is 9.55 Å². The third-order valence-corrected chi connectivity index (χ3v) is 4.36. The van der Waals surface area contributed by atoms with Gasteiger partial charge in [-0.2, -0.15) is 0 Å². The zero-order chi connectivity index (χ0) is 19.4. The average Bonchev–Trinajstić information content (AvgIpc) is 3.11. The Morgan fingerprint density at radius 3 is 2.22 bits per heavy atom. The van der Waals surface area contributed by atoms with Crippen LogP contribution >= 0.6 is 11.8 Å². The summed E-state index contributed by atoms with van der Waals surface area (Å²) in [7, 11) is 0. The molecule has 0 radical (unpaired) electrons. The van der Waals surface area contributed by atoms with Crippen molar-refractivity contribution >= 4 is 23.5 Å². The molecule has 0 bridgehead atoms. The number of esters is 1. The summed E-state index contributed by atoms with van der Waals surface area (Å²) in [6, 6.07) is 10.5. The molecule has 8 heteroatoms. The predicted molar refractivity (Wildman–Crippen MR) is 96.3 cm³/mol. The zero-order valence-corrected chi connectivity index (χ0v) is 15.0. The molecule has 0 unspecified atom stereocenters. The lowest BCUT2D eigenvalue weighted by molar-refractivity contribution is 0.0466. The van der Waals surface area contributed by atoms with Crippen LogP contribution in [-0.2, 0) is 4.74 Å². The number of carbonyl (C=O) groups is 2. The molecule has 0 aliphatic rings. The van der Waals surface area contributed by atoms with Gasteiger partial charge in [0.1, 0.15) is 11.6 Å². The average molecular weight is 388 g/mol. The van der Waals surface area contributed by atoms with E-state index >= 15 is 0 Å². The van der Waals surface area contributed by atoms with Gasteiger partial charge in [0.05, 0.1) is 6.20 Å². The fourth-order valence-corrected chi connectivity index (χ4v) is 2.93. The van der Waals surface area contributed by atoms with Crippen LogP contribution in [0.15, 0.2) is 59.9 Å². The van der Waals surface area contributed by atoms with E-state index in [1.54, 1.807) is 6.26 Å². The fourth-order valence-electron chi connectivity index (χ4n) is 2.39. The van der Waals surface area contributed by atoms with Crippen molar-refractivity contribution in [3.63, 3.8) is 0 Å². The molecule has 0 amide bonds. The first-order chi connectivity index (χ1) is 13.0. The molecule has 1 heterocycles. The summed E-state index contributed by atoms with van der Waals surface area (Å²) in [4.78, 5) is 28.7. The number of thioether (sulfide) groups is 1. The van der Waals surface area contributed by atoms with Gasteiger partial charge in [-0.25, -0.2) is 18.6 Å². The molecule has 138 valence electrons. The van der Waals surface area contributed by atoms with Gasteiger partial charge in [0.15, 0.2) is 23.2 Å². The highest BCUT2D eigenvalue weighted by Gasteiger charge is 2.20. The minimum Gasteiger partial charge on any atom is -0.453 e. The second-order valence-corrected chi connectivity index (χ2v) is 6.22. The Morgan fingerprint density at radius 1 is 1.04 bits per heavy atom. The molecular formula is C19H14F2N2O3S. The molecule has 3 aromatic rings. The van der Waals surface area contributed by atoms with Crippen LogP contribution in [0.3, 0.4) is 0 Å². The number of halogens is 2. The van der Waals surface area contributed by atoms with Gasteiger partial charge in [0, 0.05) is 11.3 Å². The normalized spacial score (nSPS) is 10.6. The third-order valence-electron chi connectivity index (χ3n) is 3.71. The molecular weight excluding hydrogens is 374 g/mol. The molecule has 0 fully saturated rings. The number of hydrogen-bond acceptors (Lipinski definition) is 5. The zero-order valence-electron chi connectivity index (χ0n) is 14.2. The smallest absolute Gasteiger partial charge is 0.357 e. The Morgan fingerprint density at radius 2 is 1.63 bits per heavy atom. The van der Waals surface area contributed by atoms with Crippen molar-refractivity contribution in [3.8, 4) is 5.69 Å². The molecule has 5 nitrogen and oxygen atoms in total. The van der Waals surface area contributed by atoms with Crippen molar-refractivity contribution < 1.29 is 23.1 Å². The van der Waals surface area contributed by atoms with E-state index in [2.05, 4.69) is 4.98 Å². The Kier molecular flexibility index (Phi) is 5.66. The second-order valence-electron chi connectivity index (χ2n) is 5.45. The van der Waals surface area contributed by atoms with Crippen molar-refractivity contribution in [2.75, 3.05) is 12.9 Å². The molecule has 27 heavy (non-hydrogen) atoms. The maximum Gasteiger partial charge on any atom is 0.357 e. The summed E-state index contributed by atoms with van der Waals surface area (Å²) >= 11 is 1.30. The molecule has 0 saturated carbocycles. The van der Waals surface area contributed by atoms with E-state index < -0.39 is 30.0 Å². The van der Waals surface area contributed by atoms with Crippen molar-refractivity contribution in [2.24, 2.45) is 0 Å². The van der Waals surface area contributed by atoms with Crippen LogP contribution in [-0.4, -0.2) is 34.2 Å². The minimum atomic E-state index is -0.748. The van der Waals surface area contributed by atoms with E-state index in [4.69, 9.17) is 4.74 Å². The highest BCUT2D eigenvalue weighted by Crippen LogP contribution is 2.22. The number of ether oxygens (including phenoxy) is 1. The quantitative estimate of drug-likeness (QED) is 0.364. The number of ketones is 1. The van der Waals surface area contributed by atoms with E-state index in [1.165, 1.54) is 58.9 Å². The maximum absolute atomic E-state index is 13.2. The van der Waals surface area contributed by atoms with E-state index in [0.29, 0.717) is 10.8 Å². The first-order valence-electron chi connectivity index (χ1n) is 7.83. The number of Topliss-reactive ketones (excluding diaryl/α,β-unsaturated/α-hetero) is 1. The van der Waals surface area contributed by atoms with Gasteiger partial charge < -0.3 is 4.74 Å². The summed E-state index contributed by atoms with van der Waals surface area (Å²) in [6.45, 7) is -0.492. The van der Waals surface area contributed by atoms with Gasteiger partial charge in [0.25, 0.3) is 0 Å². The Labute approximate surface area is 158 Å². The molecule has 3 rings (SSSR count). The number of benzene rings is 2. The summed E-state index contributed by atoms with van der Waals surface area (Å²) in [5, 5.41) is 0.512. The molecule has 0 spiro atoms. The van der Waals surface area contributed by atoms with Gasteiger partial charge in [-0.1, -0.05) is 11.8 Å². The molecule has 2 aromatic carbocycles. The van der Waals surface area contributed by atoms with Gasteiger partial charge in [0.2, 0.25) is 0 Å². The van der Waals surface area contributed by atoms with Crippen LogP contribution in [0.2, 0.25) is 0 Å². The lowest BCUT2D eigenvalue weighted by atomic mass is 10.1. The van der Waals surface area contributed by atoms with Gasteiger partial charge in [-0.15, -0.1) is 0 Å². The van der Waals surface area contributed by atoms with E-state index in [9.17, 15) is 18.4 Å². The van der Waals surface area contributed by atoms with Gasteiger partial charge in [-0.3, -0.25) is 9.36 Å². The highest BCUT2D eigenvalue weighted by molar-refractivity contribution is 7.98. The monoisotopic (exact) mass is 388 g/mol. The first kappa shape index (κ1) is 18.8. The number of rotatable bonds is 6. The van der Waals surface area contributed by atoms with E-state index in [1.807, 2.05) is 0 Å². The molecule has 0 aliphatic carbocycles. The van der Waals surface area contributed by atoms with Crippen LogP contribution in [0.1, 0.15) is 20.8 Å². The summed E-state index contributed by atoms with van der Waals surface area (Å²) in [6.07, 6.45) is 3.12. The largest absolute Gasteiger partial charge is 0.453 e. The van der Waals surface area contributed by atoms with Crippen molar-refractivity contribution in [2.45, 2.75) is 5.16 Å². The Bertz CT molecular complexity index is 970. The SMILES string of the molecule is CSc1ncc(C(=O)OCC(=O)c2ccc(F)cc2)n1-c1ccc(F)cc1. The first-order valence-corrected chi connectivity index (χ1v) is 9.05. The molecule has 1 aromatic heterocycles. The maximum atomic E-state index is 13.2. The number of aromatic nitrogens is 2. The number of imidazole rings is 1. The molecule has 0 N–H and O–H groups in total. The molecule has 0 aliphatic heterocycles. The highest BCUT2D eigenvalue weighted by atomic mass is 32.2. The number of nitrogens with zero attached hydrogens (tertiary/aromatic N) is 2. The van der Waals surface area contributed by atoms with Crippen LogP contribution in [0, 0.1) is 11.6 Å². The van der Waals surface area contributed by atoms with Crippen LogP contribution in [0.5, 0.6) is 0 Å². The summed E-state index contributed by atoms with van der Waals surface area (Å²) in [5.74, 6) is -2.07. The number of hydrogen-bond donors (Lipinski definition) is 0. The second kappa shape index (κ2) is 8.13. The summed E-state index contributed by atoms with van der Waals surface area (Å²) < 4.78 is 32.7. The van der Waals surface area contributed by atoms with Crippen LogP contribution in [0.4, 0.5) is 8.78 Å². The number of carbonyl (C=O) groups excluding carboxylic acids is 2. The fraction of sp³-hybridized carbons (Fsp3) is 0.105.